The van der Waals surface area contributed by atoms with Crippen molar-refractivity contribution in [2.24, 2.45) is 5.92 Å². The van der Waals surface area contributed by atoms with Gasteiger partial charge in [-0.05, 0) is 25.2 Å². The van der Waals surface area contributed by atoms with Crippen LogP contribution in [0.5, 0.6) is 0 Å². The third-order valence-corrected chi connectivity index (χ3v) is 2.43. The molecule has 0 radical (unpaired) electrons. The van der Waals surface area contributed by atoms with Gasteiger partial charge >= 0.3 is 0 Å². The Hall–Kier alpha value is -0.520. The van der Waals surface area contributed by atoms with Crippen molar-refractivity contribution in [2.75, 3.05) is 0 Å². The molecule has 0 spiro atoms. The van der Waals surface area contributed by atoms with Crippen LogP contribution in [-0.4, -0.2) is 0 Å². The fourth-order valence-electron chi connectivity index (χ4n) is 1.51. The van der Waals surface area contributed by atoms with Gasteiger partial charge in [0, 0.05) is 0 Å². The van der Waals surface area contributed by atoms with Crippen LogP contribution in [0.3, 0.4) is 0 Å². The average molecular weight is 208 g/mol. The molecule has 0 bridgehead atoms. The molecule has 0 amide bonds. The van der Waals surface area contributed by atoms with E-state index in [4.69, 9.17) is 0 Å². The Morgan fingerprint density at radius 3 is 2.27 bits per heavy atom. The van der Waals surface area contributed by atoms with Crippen LogP contribution in [0, 0.1) is 5.92 Å². The Labute approximate surface area is 96.5 Å². The number of rotatable bonds is 9. The fourth-order valence-corrected chi connectivity index (χ4v) is 1.51. The average Bonchev–Trinajstić information content (AvgIpc) is 2.20. The van der Waals surface area contributed by atoms with Crippen LogP contribution >= 0.6 is 0 Å². The predicted octanol–water partition coefficient (Wildman–Crippen LogP) is 5.51. The summed E-state index contributed by atoms with van der Waals surface area (Å²) in [5, 5.41) is 0. The molecule has 0 aliphatic rings. The Morgan fingerprint density at radius 1 is 0.867 bits per heavy atom. The summed E-state index contributed by atoms with van der Waals surface area (Å²) in [5.74, 6) is 0.687. The van der Waals surface area contributed by atoms with Gasteiger partial charge in [0.1, 0.15) is 0 Å². The van der Waals surface area contributed by atoms with Gasteiger partial charge in [-0.1, -0.05) is 70.8 Å². The number of hydrogen-bond donors (Lipinski definition) is 0. The van der Waals surface area contributed by atoms with Crippen molar-refractivity contribution in [1.82, 2.24) is 0 Å². The zero-order chi connectivity index (χ0) is 11.4. The zero-order valence-corrected chi connectivity index (χ0v) is 10.8. The van der Waals surface area contributed by atoms with Crippen LogP contribution in [0.4, 0.5) is 0 Å². The van der Waals surface area contributed by atoms with Gasteiger partial charge in [-0.3, -0.25) is 0 Å². The molecule has 0 aromatic heterocycles. The van der Waals surface area contributed by atoms with Crippen molar-refractivity contribution < 1.29 is 0 Å². The Morgan fingerprint density at radius 2 is 1.60 bits per heavy atom. The standard InChI is InChI=1S/C15H28/c1-4-5-6-7-8-9-10-11-12-13-14-15(2)3/h10-11,13-15H,4-9,12H2,1-3H3/b11-10+,14-13+. The Kier molecular flexibility index (Phi) is 11.2. The molecule has 0 nitrogen and oxygen atoms in total. The van der Waals surface area contributed by atoms with E-state index in [1.807, 2.05) is 0 Å². The molecule has 0 saturated heterocycles. The molecule has 0 heterocycles. The van der Waals surface area contributed by atoms with Gasteiger partial charge in [0.15, 0.2) is 0 Å². The first-order chi connectivity index (χ1) is 7.27. The van der Waals surface area contributed by atoms with Crippen LogP contribution in [0.15, 0.2) is 24.3 Å². The smallest absolute Gasteiger partial charge is 0.0169 e. The zero-order valence-electron chi connectivity index (χ0n) is 10.8. The minimum Gasteiger partial charge on any atom is -0.0882 e. The summed E-state index contributed by atoms with van der Waals surface area (Å²) in [6, 6.07) is 0. The molecule has 0 heteroatoms. The van der Waals surface area contributed by atoms with E-state index in [-0.39, 0.29) is 0 Å². The topological polar surface area (TPSA) is 0 Å². The minimum atomic E-state index is 0.687. The van der Waals surface area contributed by atoms with Crippen molar-refractivity contribution in [1.29, 1.82) is 0 Å². The van der Waals surface area contributed by atoms with Gasteiger partial charge in [-0.2, -0.15) is 0 Å². The summed E-state index contributed by atoms with van der Waals surface area (Å²) < 4.78 is 0. The first-order valence-corrected chi connectivity index (χ1v) is 6.59. The van der Waals surface area contributed by atoms with E-state index in [2.05, 4.69) is 45.1 Å². The third-order valence-electron chi connectivity index (χ3n) is 2.43. The lowest BCUT2D eigenvalue weighted by Gasteiger charge is -1.95. The Bertz CT molecular complexity index is 163. The van der Waals surface area contributed by atoms with Gasteiger partial charge in [-0.15, -0.1) is 0 Å². The third kappa shape index (κ3) is 13.5. The van der Waals surface area contributed by atoms with Crippen LogP contribution < -0.4 is 0 Å². The molecular weight excluding hydrogens is 180 g/mol. The molecule has 0 aromatic carbocycles. The highest BCUT2D eigenvalue weighted by Crippen LogP contribution is 2.05. The van der Waals surface area contributed by atoms with Crippen LogP contribution in [0.1, 0.15) is 65.7 Å². The molecule has 88 valence electrons. The second kappa shape index (κ2) is 11.6. The van der Waals surface area contributed by atoms with Crippen molar-refractivity contribution in [3.63, 3.8) is 0 Å². The summed E-state index contributed by atoms with van der Waals surface area (Å²) in [6.45, 7) is 6.70. The first kappa shape index (κ1) is 14.5. The van der Waals surface area contributed by atoms with Gasteiger partial charge in [0.05, 0.1) is 0 Å². The largest absolute Gasteiger partial charge is 0.0882 e. The van der Waals surface area contributed by atoms with E-state index in [1.165, 1.54) is 38.5 Å². The van der Waals surface area contributed by atoms with Crippen molar-refractivity contribution in [3.05, 3.63) is 24.3 Å². The van der Waals surface area contributed by atoms with E-state index >= 15 is 0 Å². The molecular formula is C15H28. The van der Waals surface area contributed by atoms with E-state index < -0.39 is 0 Å². The van der Waals surface area contributed by atoms with Gasteiger partial charge in [0.25, 0.3) is 0 Å². The molecule has 0 aliphatic carbocycles. The molecule has 0 aromatic rings. The van der Waals surface area contributed by atoms with Gasteiger partial charge < -0.3 is 0 Å². The van der Waals surface area contributed by atoms with E-state index in [0.29, 0.717) is 5.92 Å². The summed E-state index contributed by atoms with van der Waals surface area (Å²) in [4.78, 5) is 0. The molecule has 0 N–H and O–H groups in total. The van der Waals surface area contributed by atoms with Crippen LogP contribution in [-0.2, 0) is 0 Å². The van der Waals surface area contributed by atoms with E-state index in [9.17, 15) is 0 Å². The lowest BCUT2D eigenvalue weighted by Crippen LogP contribution is -1.76. The SMILES string of the molecule is CCCCCCC/C=C/C/C=C/C(C)C. The number of unbranched alkanes of at least 4 members (excludes halogenated alkanes) is 5. The van der Waals surface area contributed by atoms with E-state index in [0.717, 1.165) is 6.42 Å². The highest BCUT2D eigenvalue weighted by Gasteiger charge is 1.86. The molecule has 0 aliphatic heterocycles. The first-order valence-electron chi connectivity index (χ1n) is 6.59. The molecule has 0 fully saturated rings. The molecule has 0 unspecified atom stereocenters. The highest BCUT2D eigenvalue weighted by molar-refractivity contribution is 4.93. The molecule has 0 rings (SSSR count). The van der Waals surface area contributed by atoms with Crippen LogP contribution in [0.25, 0.3) is 0 Å². The van der Waals surface area contributed by atoms with Gasteiger partial charge in [-0.25, -0.2) is 0 Å². The predicted molar refractivity (Wildman–Crippen MR) is 71.1 cm³/mol. The summed E-state index contributed by atoms with van der Waals surface area (Å²) in [5.41, 5.74) is 0. The highest BCUT2D eigenvalue weighted by atomic mass is 13.9. The van der Waals surface area contributed by atoms with Crippen molar-refractivity contribution >= 4 is 0 Å². The van der Waals surface area contributed by atoms with E-state index in [1.54, 1.807) is 0 Å². The normalized spacial score (nSPS) is 12.3. The Balaban J connectivity index is 3.17. The van der Waals surface area contributed by atoms with Crippen molar-refractivity contribution in [3.8, 4) is 0 Å². The van der Waals surface area contributed by atoms with Gasteiger partial charge in [0.2, 0.25) is 0 Å². The summed E-state index contributed by atoms with van der Waals surface area (Å²) in [7, 11) is 0. The molecule has 15 heavy (non-hydrogen) atoms. The van der Waals surface area contributed by atoms with Crippen LogP contribution in [0.2, 0.25) is 0 Å². The summed E-state index contributed by atoms with van der Waals surface area (Å²) >= 11 is 0. The quantitative estimate of drug-likeness (QED) is 0.346. The molecule has 0 saturated carbocycles. The lowest BCUT2D eigenvalue weighted by atomic mass is 10.1. The monoisotopic (exact) mass is 208 g/mol. The van der Waals surface area contributed by atoms with Crippen molar-refractivity contribution in [2.45, 2.75) is 65.7 Å². The second-order valence-corrected chi connectivity index (χ2v) is 4.58. The maximum absolute atomic E-state index is 2.33. The maximum Gasteiger partial charge on any atom is -0.0169 e. The number of hydrogen-bond acceptors (Lipinski definition) is 0. The summed E-state index contributed by atoms with van der Waals surface area (Å²) in [6.07, 6.45) is 18.4. The second-order valence-electron chi connectivity index (χ2n) is 4.58. The molecule has 0 atom stereocenters. The fraction of sp³-hybridized carbons (Fsp3) is 0.733. The minimum absolute atomic E-state index is 0.687. The lowest BCUT2D eigenvalue weighted by molar-refractivity contribution is 0.637. The maximum atomic E-state index is 2.33. The number of allylic oxidation sites excluding steroid dienone is 4.